The van der Waals surface area contributed by atoms with E-state index in [9.17, 15) is 0 Å². The standard InChI is InChI=1S/C24H22ClN5O2/c25-19-4-1-3-15(11-19)14-31-20-9-8-16-12-18(7-6-17(16)13-20)22-28-23(32-29-22)21-5-2-10-30(21)24(26)27/h1,3-4,6-9,11-13,21H,2,5,10,14H2,(H3,26,27)/t21-/m0/s1. The lowest BCUT2D eigenvalue weighted by molar-refractivity contribution is 0.283. The molecule has 4 aromatic rings. The Kier molecular flexibility index (Phi) is 5.41. The average Bonchev–Trinajstić information content (AvgIpc) is 3.47. The zero-order valence-electron chi connectivity index (χ0n) is 17.3. The molecule has 1 aromatic heterocycles. The van der Waals surface area contributed by atoms with Gasteiger partial charge in [-0.05, 0) is 59.5 Å². The molecule has 0 aliphatic carbocycles. The van der Waals surface area contributed by atoms with Crippen molar-refractivity contribution in [2.24, 2.45) is 5.73 Å². The number of nitrogens with two attached hydrogens (primary N) is 1. The number of guanidine groups is 1. The van der Waals surface area contributed by atoms with E-state index in [1.807, 2.05) is 60.7 Å². The van der Waals surface area contributed by atoms with Crippen LogP contribution in [0.3, 0.4) is 0 Å². The zero-order chi connectivity index (χ0) is 22.1. The summed E-state index contributed by atoms with van der Waals surface area (Å²) in [7, 11) is 0. The molecule has 2 heterocycles. The topological polar surface area (TPSA) is 101 Å². The number of nitrogens with zero attached hydrogens (tertiary/aromatic N) is 3. The predicted octanol–water partition coefficient (Wildman–Crippen LogP) is 5.15. The lowest BCUT2D eigenvalue weighted by atomic mass is 10.1. The Morgan fingerprint density at radius 1 is 1.16 bits per heavy atom. The van der Waals surface area contributed by atoms with Gasteiger partial charge in [-0.3, -0.25) is 5.41 Å². The van der Waals surface area contributed by atoms with Crippen molar-refractivity contribution in [1.29, 1.82) is 5.41 Å². The van der Waals surface area contributed by atoms with E-state index in [4.69, 9.17) is 32.0 Å². The molecule has 1 aliphatic heterocycles. The molecule has 0 amide bonds. The second kappa shape index (κ2) is 8.51. The molecule has 3 aromatic carbocycles. The molecule has 32 heavy (non-hydrogen) atoms. The molecule has 1 atom stereocenters. The molecule has 0 radical (unpaired) electrons. The maximum absolute atomic E-state index is 7.74. The highest BCUT2D eigenvalue weighted by atomic mass is 35.5. The van der Waals surface area contributed by atoms with E-state index in [1.54, 1.807) is 4.90 Å². The van der Waals surface area contributed by atoms with Crippen molar-refractivity contribution < 1.29 is 9.26 Å². The van der Waals surface area contributed by atoms with Crippen molar-refractivity contribution in [1.82, 2.24) is 15.0 Å². The van der Waals surface area contributed by atoms with Crippen molar-refractivity contribution in [3.8, 4) is 17.1 Å². The summed E-state index contributed by atoms with van der Waals surface area (Å²) in [4.78, 5) is 6.38. The van der Waals surface area contributed by atoms with Gasteiger partial charge in [0.1, 0.15) is 18.4 Å². The lowest BCUT2D eigenvalue weighted by Crippen LogP contribution is -2.35. The van der Waals surface area contributed by atoms with Gasteiger partial charge in [0, 0.05) is 17.1 Å². The maximum atomic E-state index is 7.74. The number of nitrogens with one attached hydrogen (secondary N) is 1. The van der Waals surface area contributed by atoms with Crippen LogP contribution in [0.2, 0.25) is 5.02 Å². The van der Waals surface area contributed by atoms with E-state index in [1.165, 1.54) is 0 Å². The van der Waals surface area contributed by atoms with Crippen molar-refractivity contribution >= 4 is 28.3 Å². The van der Waals surface area contributed by atoms with Crippen LogP contribution in [0.5, 0.6) is 5.75 Å². The van der Waals surface area contributed by atoms with E-state index in [0.717, 1.165) is 47.0 Å². The maximum Gasteiger partial charge on any atom is 0.249 e. The molecule has 1 fully saturated rings. The summed E-state index contributed by atoms with van der Waals surface area (Å²) in [6.45, 7) is 1.18. The Morgan fingerprint density at radius 3 is 2.84 bits per heavy atom. The van der Waals surface area contributed by atoms with E-state index >= 15 is 0 Å². The molecular weight excluding hydrogens is 426 g/mol. The lowest BCUT2D eigenvalue weighted by Gasteiger charge is -2.21. The molecule has 5 rings (SSSR count). The molecule has 1 saturated heterocycles. The van der Waals surface area contributed by atoms with Crippen molar-refractivity contribution in [3.05, 3.63) is 77.1 Å². The molecule has 0 saturated carbocycles. The van der Waals surface area contributed by atoms with E-state index < -0.39 is 0 Å². The van der Waals surface area contributed by atoms with Crippen molar-refractivity contribution in [2.45, 2.75) is 25.5 Å². The fourth-order valence-corrected chi connectivity index (χ4v) is 4.26. The summed E-state index contributed by atoms with van der Waals surface area (Å²) in [5.41, 5.74) is 7.57. The zero-order valence-corrected chi connectivity index (χ0v) is 18.0. The van der Waals surface area contributed by atoms with Crippen LogP contribution < -0.4 is 10.5 Å². The Bertz CT molecular complexity index is 1290. The van der Waals surface area contributed by atoms with Crippen LogP contribution >= 0.6 is 11.6 Å². The highest BCUT2D eigenvalue weighted by molar-refractivity contribution is 6.30. The Morgan fingerprint density at radius 2 is 2.00 bits per heavy atom. The third-order valence-corrected chi connectivity index (χ3v) is 5.89. The first-order chi connectivity index (χ1) is 15.6. The minimum Gasteiger partial charge on any atom is -0.489 e. The average molecular weight is 448 g/mol. The van der Waals surface area contributed by atoms with Crippen molar-refractivity contribution in [3.63, 3.8) is 0 Å². The van der Waals surface area contributed by atoms with Gasteiger partial charge in [0.25, 0.3) is 0 Å². The number of likely N-dealkylation sites (tertiary alicyclic amines) is 1. The second-order valence-electron chi connectivity index (χ2n) is 7.84. The summed E-state index contributed by atoms with van der Waals surface area (Å²) in [5, 5.41) is 14.7. The number of benzene rings is 3. The van der Waals surface area contributed by atoms with Gasteiger partial charge >= 0.3 is 0 Å². The molecule has 3 N–H and O–H groups in total. The third-order valence-electron chi connectivity index (χ3n) is 5.65. The molecule has 8 heteroatoms. The van der Waals surface area contributed by atoms with Gasteiger partial charge < -0.3 is 19.9 Å². The summed E-state index contributed by atoms with van der Waals surface area (Å²) in [6.07, 6.45) is 1.79. The van der Waals surface area contributed by atoms with Gasteiger partial charge in [-0.15, -0.1) is 0 Å². The van der Waals surface area contributed by atoms with Gasteiger partial charge in [-0.2, -0.15) is 4.98 Å². The first-order valence-corrected chi connectivity index (χ1v) is 10.8. The fraction of sp³-hybridized carbons (Fsp3) is 0.208. The molecular formula is C24H22ClN5O2. The minimum atomic E-state index is -0.131. The quantitative estimate of drug-likeness (QED) is 0.324. The summed E-state index contributed by atoms with van der Waals surface area (Å²) < 4.78 is 11.4. The van der Waals surface area contributed by atoms with E-state index in [-0.39, 0.29) is 12.0 Å². The Hall–Kier alpha value is -3.58. The molecule has 0 unspecified atom stereocenters. The normalized spacial score (nSPS) is 15.9. The van der Waals surface area contributed by atoms with Gasteiger partial charge in [0.2, 0.25) is 11.7 Å². The number of aromatic nitrogens is 2. The van der Waals surface area contributed by atoms with Crippen LogP contribution in [0.25, 0.3) is 22.2 Å². The highest BCUT2D eigenvalue weighted by Gasteiger charge is 2.31. The largest absolute Gasteiger partial charge is 0.489 e. The van der Waals surface area contributed by atoms with Gasteiger partial charge in [-0.1, -0.05) is 47.1 Å². The Labute approximate surface area is 190 Å². The van der Waals surface area contributed by atoms with Crippen LogP contribution in [0, 0.1) is 5.41 Å². The SMILES string of the molecule is N=C(N)N1CCC[C@H]1c1nc(-c2ccc3cc(OCc4cccc(Cl)c4)ccc3c2)no1. The third kappa shape index (κ3) is 4.11. The molecule has 0 spiro atoms. The molecule has 7 nitrogen and oxygen atoms in total. The number of hydrogen-bond donors (Lipinski definition) is 2. The first-order valence-electron chi connectivity index (χ1n) is 10.4. The van der Waals surface area contributed by atoms with E-state index in [0.29, 0.717) is 23.3 Å². The fourth-order valence-electron chi connectivity index (χ4n) is 4.05. The van der Waals surface area contributed by atoms with Crippen LogP contribution in [0.1, 0.15) is 30.3 Å². The molecule has 0 bridgehead atoms. The minimum absolute atomic E-state index is 0.0336. The predicted molar refractivity (Wildman–Crippen MR) is 124 cm³/mol. The summed E-state index contributed by atoms with van der Waals surface area (Å²) in [6, 6.07) is 19.5. The molecule has 162 valence electrons. The smallest absolute Gasteiger partial charge is 0.249 e. The van der Waals surface area contributed by atoms with Crippen LogP contribution in [0.15, 0.2) is 65.2 Å². The number of fused-ring (bicyclic) bond motifs is 1. The van der Waals surface area contributed by atoms with Crippen LogP contribution in [-0.2, 0) is 6.61 Å². The van der Waals surface area contributed by atoms with Crippen LogP contribution in [0.4, 0.5) is 0 Å². The number of rotatable bonds is 5. The Balaban J connectivity index is 1.33. The highest BCUT2D eigenvalue weighted by Crippen LogP contribution is 2.32. The van der Waals surface area contributed by atoms with Gasteiger partial charge in [0.05, 0.1) is 0 Å². The van der Waals surface area contributed by atoms with Crippen molar-refractivity contribution in [2.75, 3.05) is 6.54 Å². The number of hydrogen-bond acceptors (Lipinski definition) is 5. The van der Waals surface area contributed by atoms with Gasteiger partial charge in [0.15, 0.2) is 5.96 Å². The first kappa shape index (κ1) is 20.3. The number of ether oxygens (including phenoxy) is 1. The number of halogens is 1. The van der Waals surface area contributed by atoms with Gasteiger partial charge in [-0.25, -0.2) is 0 Å². The summed E-state index contributed by atoms with van der Waals surface area (Å²) in [5.74, 6) is 1.85. The van der Waals surface area contributed by atoms with E-state index in [2.05, 4.69) is 10.1 Å². The molecule has 1 aliphatic rings. The second-order valence-corrected chi connectivity index (χ2v) is 8.27. The summed E-state index contributed by atoms with van der Waals surface area (Å²) >= 11 is 6.04. The van der Waals surface area contributed by atoms with Crippen LogP contribution in [-0.4, -0.2) is 27.5 Å². The monoisotopic (exact) mass is 447 g/mol.